The summed E-state index contributed by atoms with van der Waals surface area (Å²) in [5.74, 6) is 8.12. The number of esters is 2. The van der Waals surface area contributed by atoms with E-state index in [2.05, 4.69) is 23.7 Å². The summed E-state index contributed by atoms with van der Waals surface area (Å²) < 4.78 is 38.6. The molecule has 1 aromatic carbocycles. The minimum Gasteiger partial charge on any atom is -0.459 e. The molecule has 0 saturated carbocycles. The third-order valence-electron chi connectivity index (χ3n) is 5.08. The Labute approximate surface area is 175 Å². The van der Waals surface area contributed by atoms with Gasteiger partial charge in [-0.25, -0.2) is 8.78 Å². The Balaban J connectivity index is 1.76. The van der Waals surface area contributed by atoms with Gasteiger partial charge < -0.3 is 9.47 Å². The van der Waals surface area contributed by atoms with Crippen LogP contribution in [0.5, 0.6) is 0 Å². The van der Waals surface area contributed by atoms with Gasteiger partial charge in [0.15, 0.2) is 0 Å². The molecule has 0 N–H and O–H groups in total. The lowest BCUT2D eigenvalue weighted by Crippen LogP contribution is -2.17. The van der Waals surface area contributed by atoms with Crippen LogP contribution in [0.3, 0.4) is 0 Å². The Bertz CT molecular complexity index is 1000. The van der Waals surface area contributed by atoms with Gasteiger partial charge in [0, 0.05) is 37.3 Å². The summed E-state index contributed by atoms with van der Waals surface area (Å²) in [5, 5.41) is 0. The highest BCUT2D eigenvalue weighted by Gasteiger charge is 2.40. The van der Waals surface area contributed by atoms with Gasteiger partial charge in [0.1, 0.15) is 22.8 Å². The second-order valence-electron chi connectivity index (χ2n) is 8.99. The van der Waals surface area contributed by atoms with E-state index in [0.29, 0.717) is 12.8 Å². The average molecular weight is 414 g/mol. The number of halogens is 2. The molecule has 30 heavy (non-hydrogen) atoms. The van der Waals surface area contributed by atoms with Crippen molar-refractivity contribution in [3.05, 3.63) is 34.9 Å². The lowest BCUT2D eigenvalue weighted by molar-refractivity contribution is -0.149. The molecule has 0 spiro atoms. The zero-order valence-electron chi connectivity index (χ0n) is 17.5. The van der Waals surface area contributed by atoms with Gasteiger partial charge in [-0.1, -0.05) is 23.7 Å². The van der Waals surface area contributed by atoms with Crippen molar-refractivity contribution in [1.29, 1.82) is 0 Å². The number of hydrogen-bond acceptors (Lipinski definition) is 4. The summed E-state index contributed by atoms with van der Waals surface area (Å²) in [6.45, 7) is 7.31. The highest BCUT2D eigenvalue weighted by atomic mass is 19.1. The number of rotatable bonds is 2. The van der Waals surface area contributed by atoms with Gasteiger partial charge in [0.05, 0.1) is 17.4 Å². The molecular formula is C24H24F2O4. The van der Waals surface area contributed by atoms with Gasteiger partial charge in [-0.15, -0.1) is 0 Å². The molecule has 2 fully saturated rings. The summed E-state index contributed by atoms with van der Waals surface area (Å²) in [6, 6.07) is 1.86. The van der Waals surface area contributed by atoms with E-state index in [-0.39, 0.29) is 47.7 Å². The lowest BCUT2D eigenvalue weighted by Gasteiger charge is -2.14. The molecule has 2 atom stereocenters. The molecule has 0 bridgehead atoms. The molecule has 2 aliphatic rings. The van der Waals surface area contributed by atoms with Crippen LogP contribution in [-0.2, 0) is 19.1 Å². The third kappa shape index (κ3) is 5.19. The first-order chi connectivity index (χ1) is 14.0. The zero-order chi connectivity index (χ0) is 22.1. The van der Waals surface area contributed by atoms with Crippen LogP contribution in [0.1, 0.15) is 64.5 Å². The number of cyclic esters (lactones) is 2. The first-order valence-electron chi connectivity index (χ1n) is 9.88. The molecule has 2 heterocycles. The van der Waals surface area contributed by atoms with Crippen LogP contribution in [0.25, 0.3) is 0 Å². The summed E-state index contributed by atoms with van der Waals surface area (Å²) in [5.41, 5.74) is -0.971. The van der Waals surface area contributed by atoms with Crippen LogP contribution in [0.4, 0.5) is 8.78 Å². The maximum Gasteiger partial charge on any atom is 0.310 e. The molecule has 4 nitrogen and oxygen atoms in total. The van der Waals surface area contributed by atoms with Crippen molar-refractivity contribution in [2.24, 2.45) is 11.8 Å². The monoisotopic (exact) mass is 414 g/mol. The molecular weight excluding hydrogens is 390 g/mol. The van der Waals surface area contributed by atoms with Crippen molar-refractivity contribution >= 4 is 11.9 Å². The fourth-order valence-corrected chi connectivity index (χ4v) is 3.79. The first kappa shape index (κ1) is 21.8. The predicted octanol–water partition coefficient (Wildman–Crippen LogP) is 4.13. The van der Waals surface area contributed by atoms with Gasteiger partial charge in [-0.05, 0) is 33.8 Å². The molecule has 2 saturated heterocycles. The Kier molecular flexibility index (Phi) is 5.90. The van der Waals surface area contributed by atoms with Crippen LogP contribution in [0.2, 0.25) is 0 Å². The van der Waals surface area contributed by atoms with Crippen molar-refractivity contribution < 1.29 is 27.8 Å². The minimum atomic E-state index is -0.817. The Morgan fingerprint density at radius 3 is 1.87 bits per heavy atom. The summed E-state index contributed by atoms with van der Waals surface area (Å²) in [6.07, 6.45) is 1.52. The number of benzene rings is 1. The Hall–Kier alpha value is -2.86. The maximum atomic E-state index is 14.3. The summed E-state index contributed by atoms with van der Waals surface area (Å²) in [7, 11) is 0. The third-order valence-corrected chi connectivity index (χ3v) is 5.08. The molecule has 2 aliphatic heterocycles. The Morgan fingerprint density at radius 2 is 1.40 bits per heavy atom. The number of ether oxygens (including phenoxy) is 2. The standard InChI is InChI=1S/C24H24F2O4/c1-23(2)13-16(21(27)29-23)8-5-7-15-11-18(25)12-20(26)19(15)10-6-9-17-14-24(3,4)30-22(17)28/h11-12,16-17H,8-9,13-14H2,1-4H3. The number of hydrogen-bond donors (Lipinski definition) is 0. The second-order valence-corrected chi connectivity index (χ2v) is 8.99. The van der Waals surface area contributed by atoms with Crippen LogP contribution in [0.15, 0.2) is 12.1 Å². The molecule has 1 aromatic rings. The Morgan fingerprint density at radius 1 is 0.900 bits per heavy atom. The SMILES string of the molecule is CC1(C)CC(CC#Cc2cc(F)cc(F)c2C#CCC2CC(C)(C)OC2=O)C(=O)O1. The first-order valence-corrected chi connectivity index (χ1v) is 9.88. The molecule has 0 radical (unpaired) electrons. The predicted molar refractivity (Wildman–Crippen MR) is 106 cm³/mol. The van der Waals surface area contributed by atoms with E-state index in [1.165, 1.54) is 0 Å². The summed E-state index contributed by atoms with van der Waals surface area (Å²) in [4.78, 5) is 23.8. The highest BCUT2D eigenvalue weighted by Crippen LogP contribution is 2.33. The topological polar surface area (TPSA) is 52.6 Å². The van der Waals surface area contributed by atoms with Crippen molar-refractivity contribution in [1.82, 2.24) is 0 Å². The second kappa shape index (κ2) is 8.11. The van der Waals surface area contributed by atoms with Crippen LogP contribution in [-0.4, -0.2) is 23.1 Å². The van der Waals surface area contributed by atoms with Crippen LogP contribution < -0.4 is 0 Å². The van der Waals surface area contributed by atoms with Crippen molar-refractivity contribution in [3.8, 4) is 23.7 Å². The minimum absolute atomic E-state index is 0.0242. The fourth-order valence-electron chi connectivity index (χ4n) is 3.79. The quantitative estimate of drug-likeness (QED) is 0.539. The molecule has 158 valence electrons. The van der Waals surface area contributed by atoms with E-state index in [4.69, 9.17) is 9.47 Å². The lowest BCUT2D eigenvalue weighted by atomic mass is 9.94. The zero-order valence-corrected chi connectivity index (χ0v) is 17.5. The van der Waals surface area contributed by atoms with Crippen molar-refractivity contribution in [2.45, 2.75) is 64.6 Å². The van der Waals surface area contributed by atoms with Gasteiger partial charge in [-0.2, -0.15) is 0 Å². The summed E-state index contributed by atoms with van der Waals surface area (Å²) >= 11 is 0. The van der Waals surface area contributed by atoms with Gasteiger partial charge in [-0.3, -0.25) is 9.59 Å². The van der Waals surface area contributed by atoms with Crippen molar-refractivity contribution in [2.75, 3.05) is 0 Å². The molecule has 0 aliphatic carbocycles. The molecule has 3 rings (SSSR count). The highest BCUT2D eigenvalue weighted by molar-refractivity contribution is 5.76. The van der Waals surface area contributed by atoms with E-state index >= 15 is 0 Å². The van der Waals surface area contributed by atoms with Gasteiger partial charge in [0.25, 0.3) is 0 Å². The number of carbonyl (C=O) groups excluding carboxylic acids is 2. The van der Waals surface area contributed by atoms with Gasteiger partial charge >= 0.3 is 11.9 Å². The molecule has 2 unspecified atom stereocenters. The molecule has 0 amide bonds. The average Bonchev–Trinajstić information content (AvgIpc) is 3.02. The smallest absolute Gasteiger partial charge is 0.310 e. The van der Waals surface area contributed by atoms with Crippen LogP contribution in [0, 0.1) is 47.2 Å². The number of carbonyl (C=O) groups is 2. The van der Waals surface area contributed by atoms with Crippen molar-refractivity contribution in [3.63, 3.8) is 0 Å². The fraction of sp³-hybridized carbons (Fsp3) is 0.500. The van der Waals surface area contributed by atoms with E-state index in [9.17, 15) is 18.4 Å². The van der Waals surface area contributed by atoms with E-state index in [1.807, 2.05) is 27.7 Å². The molecule has 0 aromatic heterocycles. The van der Waals surface area contributed by atoms with E-state index in [0.717, 1.165) is 12.1 Å². The largest absolute Gasteiger partial charge is 0.459 e. The van der Waals surface area contributed by atoms with Gasteiger partial charge in [0.2, 0.25) is 0 Å². The van der Waals surface area contributed by atoms with Crippen LogP contribution >= 0.6 is 0 Å². The maximum absolute atomic E-state index is 14.3. The van der Waals surface area contributed by atoms with E-state index < -0.39 is 22.8 Å². The van der Waals surface area contributed by atoms with E-state index in [1.54, 1.807) is 0 Å². The normalized spacial score (nSPS) is 23.7. The molecule has 6 heteroatoms.